The molecule has 14 heavy (non-hydrogen) atoms. The second kappa shape index (κ2) is 4.60. The highest BCUT2D eigenvalue weighted by Gasteiger charge is 2.17. The lowest BCUT2D eigenvalue weighted by molar-refractivity contribution is 0.423. The summed E-state index contributed by atoms with van der Waals surface area (Å²) in [6.45, 7) is 8.75. The molecular formula is C11H21N3. The number of nitrogens with one attached hydrogen (secondary N) is 1. The van der Waals surface area contributed by atoms with Crippen molar-refractivity contribution < 1.29 is 0 Å². The largest absolute Gasteiger partial charge is 0.338 e. The summed E-state index contributed by atoms with van der Waals surface area (Å²) in [5, 5.41) is 3.50. The first-order chi connectivity index (χ1) is 6.52. The number of nitrogens with zero attached hydrogens (tertiary/aromatic N) is 2. The van der Waals surface area contributed by atoms with Gasteiger partial charge in [0.1, 0.15) is 5.82 Å². The van der Waals surface area contributed by atoms with Crippen molar-refractivity contribution in [3.63, 3.8) is 0 Å². The lowest BCUT2D eigenvalue weighted by Crippen LogP contribution is -2.36. The number of hydrogen-bond acceptors (Lipinski definition) is 2. The minimum atomic E-state index is 0.442. The van der Waals surface area contributed by atoms with Crippen LogP contribution in [-0.4, -0.2) is 21.6 Å². The molecular weight excluding hydrogens is 174 g/mol. The van der Waals surface area contributed by atoms with Gasteiger partial charge >= 0.3 is 0 Å². The van der Waals surface area contributed by atoms with Crippen LogP contribution in [0.15, 0.2) is 12.4 Å². The number of hydrogen-bond donors (Lipinski definition) is 1. The first kappa shape index (κ1) is 11.2. The molecule has 0 spiro atoms. The molecule has 1 N–H and O–H groups in total. The smallest absolute Gasteiger partial charge is 0.112 e. The third kappa shape index (κ3) is 2.58. The fourth-order valence-electron chi connectivity index (χ4n) is 1.71. The summed E-state index contributed by atoms with van der Waals surface area (Å²) < 4.78 is 2.09. The molecule has 0 bridgehead atoms. The number of rotatable bonds is 4. The Kier molecular flexibility index (Phi) is 3.69. The average Bonchev–Trinajstić information content (AvgIpc) is 2.48. The van der Waals surface area contributed by atoms with E-state index in [1.165, 1.54) is 0 Å². The molecule has 3 nitrogen and oxygen atoms in total. The van der Waals surface area contributed by atoms with Gasteiger partial charge in [0.05, 0.1) is 0 Å². The van der Waals surface area contributed by atoms with E-state index in [2.05, 4.69) is 42.6 Å². The summed E-state index contributed by atoms with van der Waals surface area (Å²) in [5.41, 5.74) is 0. The fourth-order valence-corrected chi connectivity index (χ4v) is 1.71. The van der Waals surface area contributed by atoms with E-state index in [1.54, 1.807) is 0 Å². The Hall–Kier alpha value is -0.830. The highest BCUT2D eigenvalue weighted by molar-refractivity contribution is 5.01. The van der Waals surface area contributed by atoms with Gasteiger partial charge in [0, 0.05) is 37.4 Å². The molecule has 2 unspecified atom stereocenters. The van der Waals surface area contributed by atoms with Crippen LogP contribution >= 0.6 is 0 Å². The molecule has 0 amide bonds. The van der Waals surface area contributed by atoms with Crippen LogP contribution in [0.5, 0.6) is 0 Å². The van der Waals surface area contributed by atoms with Gasteiger partial charge in [0.15, 0.2) is 0 Å². The van der Waals surface area contributed by atoms with Crippen molar-refractivity contribution in [3.05, 3.63) is 18.2 Å². The fraction of sp³-hybridized carbons (Fsp3) is 0.727. The SMILES string of the molecule is CC(C)NC(C)C(C)c1nccn1C. The Balaban J connectivity index is 2.65. The highest BCUT2D eigenvalue weighted by atomic mass is 15.1. The molecule has 0 saturated heterocycles. The van der Waals surface area contributed by atoms with E-state index in [9.17, 15) is 0 Å². The molecule has 0 aromatic carbocycles. The van der Waals surface area contributed by atoms with E-state index in [4.69, 9.17) is 0 Å². The second-order valence-electron chi connectivity index (χ2n) is 4.30. The third-order valence-corrected chi connectivity index (χ3v) is 2.61. The summed E-state index contributed by atoms with van der Waals surface area (Å²) in [6.07, 6.45) is 3.85. The molecule has 80 valence electrons. The molecule has 0 aliphatic heterocycles. The van der Waals surface area contributed by atoms with E-state index in [-0.39, 0.29) is 0 Å². The predicted octanol–water partition coefficient (Wildman–Crippen LogP) is 1.91. The molecule has 0 saturated carbocycles. The van der Waals surface area contributed by atoms with Crippen molar-refractivity contribution >= 4 is 0 Å². The summed E-state index contributed by atoms with van der Waals surface area (Å²) in [5.74, 6) is 1.59. The Morgan fingerprint density at radius 3 is 2.36 bits per heavy atom. The van der Waals surface area contributed by atoms with Crippen molar-refractivity contribution in [2.45, 2.75) is 45.7 Å². The van der Waals surface area contributed by atoms with Crippen LogP contribution in [0.2, 0.25) is 0 Å². The predicted molar refractivity (Wildman–Crippen MR) is 59.4 cm³/mol. The van der Waals surface area contributed by atoms with Crippen molar-refractivity contribution in [2.24, 2.45) is 7.05 Å². The van der Waals surface area contributed by atoms with Crippen LogP contribution in [-0.2, 0) is 7.05 Å². The summed E-state index contributed by atoms with van der Waals surface area (Å²) in [4.78, 5) is 4.37. The van der Waals surface area contributed by atoms with E-state index < -0.39 is 0 Å². The molecule has 0 aliphatic carbocycles. The topological polar surface area (TPSA) is 29.9 Å². The van der Waals surface area contributed by atoms with E-state index in [0.717, 1.165) is 5.82 Å². The van der Waals surface area contributed by atoms with Gasteiger partial charge < -0.3 is 9.88 Å². The van der Waals surface area contributed by atoms with Gasteiger partial charge in [-0.3, -0.25) is 0 Å². The Morgan fingerprint density at radius 2 is 1.93 bits per heavy atom. The molecule has 0 fully saturated rings. The van der Waals surface area contributed by atoms with Crippen LogP contribution < -0.4 is 5.32 Å². The number of imidazole rings is 1. The Bertz CT molecular complexity index is 278. The summed E-state index contributed by atoms with van der Waals surface area (Å²) in [6, 6.07) is 0.976. The van der Waals surface area contributed by atoms with Crippen molar-refractivity contribution in [3.8, 4) is 0 Å². The van der Waals surface area contributed by atoms with Crippen molar-refractivity contribution in [2.75, 3.05) is 0 Å². The van der Waals surface area contributed by atoms with Gasteiger partial charge in [-0.25, -0.2) is 4.98 Å². The van der Waals surface area contributed by atoms with Crippen LogP contribution in [0.25, 0.3) is 0 Å². The lowest BCUT2D eigenvalue weighted by Gasteiger charge is -2.23. The monoisotopic (exact) mass is 195 g/mol. The number of aromatic nitrogens is 2. The highest BCUT2D eigenvalue weighted by Crippen LogP contribution is 2.16. The van der Waals surface area contributed by atoms with Gasteiger partial charge in [-0.2, -0.15) is 0 Å². The Morgan fingerprint density at radius 1 is 1.29 bits per heavy atom. The zero-order valence-electron chi connectivity index (χ0n) is 9.78. The molecule has 2 atom stereocenters. The van der Waals surface area contributed by atoms with Crippen LogP contribution in [0.4, 0.5) is 0 Å². The molecule has 1 rings (SSSR count). The first-order valence-electron chi connectivity index (χ1n) is 5.25. The maximum atomic E-state index is 4.37. The summed E-state index contributed by atoms with van der Waals surface area (Å²) in [7, 11) is 2.04. The summed E-state index contributed by atoms with van der Waals surface area (Å²) >= 11 is 0. The normalized spacial score (nSPS) is 15.9. The maximum absolute atomic E-state index is 4.37. The lowest BCUT2D eigenvalue weighted by atomic mass is 10.0. The minimum absolute atomic E-state index is 0.442. The molecule has 1 aromatic heterocycles. The minimum Gasteiger partial charge on any atom is -0.338 e. The zero-order chi connectivity index (χ0) is 10.7. The third-order valence-electron chi connectivity index (χ3n) is 2.61. The van der Waals surface area contributed by atoms with Gasteiger partial charge in [-0.15, -0.1) is 0 Å². The van der Waals surface area contributed by atoms with E-state index in [0.29, 0.717) is 18.0 Å². The molecule has 0 radical (unpaired) electrons. The van der Waals surface area contributed by atoms with Gasteiger partial charge in [-0.1, -0.05) is 20.8 Å². The second-order valence-corrected chi connectivity index (χ2v) is 4.30. The zero-order valence-corrected chi connectivity index (χ0v) is 9.78. The molecule has 0 aliphatic rings. The van der Waals surface area contributed by atoms with Crippen LogP contribution in [0.1, 0.15) is 39.4 Å². The molecule has 3 heteroatoms. The molecule has 1 aromatic rings. The van der Waals surface area contributed by atoms with Crippen molar-refractivity contribution in [1.29, 1.82) is 0 Å². The quantitative estimate of drug-likeness (QED) is 0.795. The Labute approximate surface area is 86.5 Å². The molecule has 1 heterocycles. The van der Waals surface area contributed by atoms with Crippen molar-refractivity contribution in [1.82, 2.24) is 14.9 Å². The van der Waals surface area contributed by atoms with E-state index >= 15 is 0 Å². The first-order valence-corrected chi connectivity index (χ1v) is 5.25. The van der Waals surface area contributed by atoms with Gasteiger partial charge in [-0.05, 0) is 6.92 Å². The average molecular weight is 195 g/mol. The maximum Gasteiger partial charge on any atom is 0.112 e. The van der Waals surface area contributed by atoms with Crippen LogP contribution in [0, 0.1) is 0 Å². The number of aryl methyl sites for hydroxylation is 1. The standard InChI is InChI=1S/C11H21N3/c1-8(2)13-10(4)9(3)11-12-6-7-14(11)5/h6-10,13H,1-5H3. The van der Waals surface area contributed by atoms with Crippen LogP contribution in [0.3, 0.4) is 0 Å². The van der Waals surface area contributed by atoms with Gasteiger partial charge in [0.2, 0.25) is 0 Å². The van der Waals surface area contributed by atoms with E-state index in [1.807, 2.05) is 19.4 Å². The van der Waals surface area contributed by atoms with Gasteiger partial charge in [0.25, 0.3) is 0 Å².